The Morgan fingerprint density at radius 1 is 1.08 bits per heavy atom. The van der Waals surface area contributed by atoms with Crippen LogP contribution in [0.2, 0.25) is 0 Å². The Kier molecular flexibility index (Phi) is 3.37. The van der Waals surface area contributed by atoms with Crippen LogP contribution in [0, 0.1) is 34.5 Å². The van der Waals surface area contributed by atoms with E-state index in [1.54, 1.807) is 5.57 Å². The molecule has 5 rings (SSSR count). The lowest BCUT2D eigenvalue weighted by Crippen LogP contribution is -2.52. The summed E-state index contributed by atoms with van der Waals surface area (Å²) in [5.41, 5.74) is 9.20. The van der Waals surface area contributed by atoms with Crippen LogP contribution in [0.5, 0.6) is 0 Å². The maximum atomic E-state index is 6.31. The second kappa shape index (κ2) is 5.10. The van der Waals surface area contributed by atoms with Crippen molar-refractivity contribution in [3.63, 3.8) is 0 Å². The van der Waals surface area contributed by atoms with Gasteiger partial charge in [-0.2, -0.15) is 0 Å². The van der Waals surface area contributed by atoms with Crippen LogP contribution in [0.25, 0.3) is 0 Å². The van der Waals surface area contributed by atoms with Gasteiger partial charge < -0.3 is 10.6 Å². The molecule has 24 heavy (non-hydrogen) atoms. The molecule has 2 heteroatoms. The fourth-order valence-corrected chi connectivity index (χ4v) is 8.49. The monoisotopic (exact) mass is 328 g/mol. The quantitative estimate of drug-likeness (QED) is 0.675. The van der Waals surface area contributed by atoms with Gasteiger partial charge in [0, 0.05) is 18.6 Å². The van der Waals surface area contributed by atoms with Gasteiger partial charge >= 0.3 is 0 Å². The first kappa shape index (κ1) is 15.9. The number of allylic oxidation sites excluding steroid dienone is 1. The SMILES string of the molecule is CC1C2CCC3C4CC=C5CC(N)CCC5(C)C4CCC32CN1C. The van der Waals surface area contributed by atoms with E-state index >= 15 is 0 Å². The van der Waals surface area contributed by atoms with Gasteiger partial charge in [-0.3, -0.25) is 0 Å². The molecular formula is C22H36N2. The Hall–Kier alpha value is -0.340. The Morgan fingerprint density at radius 2 is 1.88 bits per heavy atom. The highest BCUT2D eigenvalue weighted by Crippen LogP contribution is 2.68. The van der Waals surface area contributed by atoms with Crippen molar-refractivity contribution >= 4 is 0 Å². The summed E-state index contributed by atoms with van der Waals surface area (Å²) in [6.07, 6.45) is 13.8. The van der Waals surface area contributed by atoms with E-state index in [1.807, 2.05) is 0 Å². The minimum Gasteiger partial charge on any atom is -0.327 e. The number of fused-ring (bicyclic) bond motifs is 4. The first-order valence-electron chi connectivity index (χ1n) is 10.6. The summed E-state index contributed by atoms with van der Waals surface area (Å²) in [4.78, 5) is 2.68. The van der Waals surface area contributed by atoms with Crippen LogP contribution in [0.3, 0.4) is 0 Å². The normalized spacial score (nSPS) is 56.9. The van der Waals surface area contributed by atoms with E-state index in [-0.39, 0.29) is 0 Å². The molecule has 1 spiro atoms. The topological polar surface area (TPSA) is 29.3 Å². The predicted molar refractivity (Wildman–Crippen MR) is 99.6 cm³/mol. The highest BCUT2D eigenvalue weighted by atomic mass is 15.2. The van der Waals surface area contributed by atoms with Gasteiger partial charge in [0.05, 0.1) is 0 Å². The second-order valence-corrected chi connectivity index (χ2v) is 10.4. The highest BCUT2D eigenvalue weighted by molar-refractivity contribution is 5.26. The van der Waals surface area contributed by atoms with Crippen molar-refractivity contribution in [3.05, 3.63) is 11.6 Å². The van der Waals surface area contributed by atoms with Gasteiger partial charge in [-0.05, 0) is 99.8 Å². The van der Waals surface area contributed by atoms with Gasteiger partial charge in [0.25, 0.3) is 0 Å². The van der Waals surface area contributed by atoms with Crippen molar-refractivity contribution in [2.45, 2.75) is 77.3 Å². The van der Waals surface area contributed by atoms with E-state index < -0.39 is 0 Å². The van der Waals surface area contributed by atoms with Crippen LogP contribution in [0.1, 0.15) is 65.2 Å². The zero-order valence-electron chi connectivity index (χ0n) is 15.9. The molecule has 0 aromatic rings. The fourth-order valence-electron chi connectivity index (χ4n) is 8.49. The van der Waals surface area contributed by atoms with Gasteiger partial charge in [-0.1, -0.05) is 18.6 Å². The van der Waals surface area contributed by atoms with Crippen LogP contribution >= 0.6 is 0 Å². The van der Waals surface area contributed by atoms with E-state index in [0.717, 1.165) is 29.7 Å². The summed E-state index contributed by atoms with van der Waals surface area (Å²) in [5, 5.41) is 0. The Balaban J connectivity index is 1.49. The first-order valence-corrected chi connectivity index (χ1v) is 10.6. The Bertz CT molecular complexity index is 568. The molecule has 4 aliphatic carbocycles. The molecule has 2 nitrogen and oxygen atoms in total. The minimum absolute atomic E-state index is 0.427. The van der Waals surface area contributed by atoms with Crippen molar-refractivity contribution in [2.75, 3.05) is 13.6 Å². The summed E-state index contributed by atoms with van der Waals surface area (Å²) in [6, 6.07) is 1.24. The minimum atomic E-state index is 0.427. The van der Waals surface area contributed by atoms with Gasteiger partial charge in [0.2, 0.25) is 0 Å². The second-order valence-electron chi connectivity index (χ2n) is 10.4. The fraction of sp³-hybridized carbons (Fsp3) is 0.909. The maximum absolute atomic E-state index is 6.31. The number of likely N-dealkylation sites (tertiary alicyclic amines) is 1. The molecule has 0 amide bonds. The van der Waals surface area contributed by atoms with Crippen molar-refractivity contribution in [2.24, 2.45) is 40.2 Å². The molecule has 8 atom stereocenters. The van der Waals surface area contributed by atoms with Crippen LogP contribution in [0.4, 0.5) is 0 Å². The zero-order valence-corrected chi connectivity index (χ0v) is 15.9. The molecule has 5 aliphatic rings. The first-order chi connectivity index (χ1) is 11.5. The third-order valence-electron chi connectivity index (χ3n) is 9.75. The molecule has 1 saturated heterocycles. The summed E-state index contributed by atoms with van der Waals surface area (Å²) in [6.45, 7) is 6.48. The third kappa shape index (κ3) is 1.85. The smallest absolute Gasteiger partial charge is 0.00982 e. The van der Waals surface area contributed by atoms with E-state index in [1.165, 1.54) is 57.9 Å². The molecule has 2 N–H and O–H groups in total. The molecular weight excluding hydrogens is 292 g/mol. The number of rotatable bonds is 0. The van der Waals surface area contributed by atoms with E-state index in [2.05, 4.69) is 31.9 Å². The third-order valence-corrected chi connectivity index (χ3v) is 9.75. The van der Waals surface area contributed by atoms with Crippen molar-refractivity contribution in [3.8, 4) is 0 Å². The lowest BCUT2D eigenvalue weighted by atomic mass is 9.47. The van der Waals surface area contributed by atoms with Gasteiger partial charge in [-0.25, -0.2) is 0 Å². The van der Waals surface area contributed by atoms with E-state index in [9.17, 15) is 0 Å². The van der Waals surface area contributed by atoms with Crippen LogP contribution in [-0.2, 0) is 0 Å². The molecule has 8 unspecified atom stereocenters. The van der Waals surface area contributed by atoms with E-state index in [0.29, 0.717) is 16.9 Å². The van der Waals surface area contributed by atoms with Gasteiger partial charge in [0.1, 0.15) is 0 Å². The molecule has 3 saturated carbocycles. The van der Waals surface area contributed by atoms with Gasteiger partial charge in [-0.15, -0.1) is 0 Å². The lowest BCUT2D eigenvalue weighted by molar-refractivity contribution is -0.0397. The average Bonchev–Trinajstić information content (AvgIpc) is 3.03. The average molecular weight is 329 g/mol. The number of hydrogen-bond donors (Lipinski definition) is 1. The summed E-state index contributed by atoms with van der Waals surface area (Å²) in [5.74, 6) is 3.89. The maximum Gasteiger partial charge on any atom is 0.00982 e. The van der Waals surface area contributed by atoms with Crippen molar-refractivity contribution in [1.29, 1.82) is 0 Å². The number of hydrogen-bond acceptors (Lipinski definition) is 2. The standard InChI is InChI=1S/C22H36N2/c1-14-18-6-7-20-17-5-4-15-12-16(23)8-10-21(15,2)19(17)9-11-22(18,20)13-24(14)3/h4,14,16-20H,5-13,23H2,1-3H3. The molecule has 134 valence electrons. The summed E-state index contributed by atoms with van der Waals surface area (Å²) in [7, 11) is 2.38. The predicted octanol–water partition coefficient (Wildman–Crippen LogP) is 4.21. The molecule has 4 fully saturated rings. The molecule has 1 heterocycles. The van der Waals surface area contributed by atoms with Gasteiger partial charge in [0.15, 0.2) is 0 Å². The van der Waals surface area contributed by atoms with Crippen molar-refractivity contribution in [1.82, 2.24) is 4.90 Å². The number of nitrogens with zero attached hydrogens (tertiary/aromatic N) is 1. The van der Waals surface area contributed by atoms with E-state index in [4.69, 9.17) is 5.73 Å². The molecule has 0 bridgehead atoms. The summed E-state index contributed by atoms with van der Waals surface area (Å²) >= 11 is 0. The van der Waals surface area contributed by atoms with Crippen LogP contribution < -0.4 is 5.73 Å². The lowest BCUT2D eigenvalue weighted by Gasteiger charge is -2.58. The zero-order chi connectivity index (χ0) is 16.7. The van der Waals surface area contributed by atoms with Crippen molar-refractivity contribution < 1.29 is 0 Å². The molecule has 1 aliphatic heterocycles. The largest absolute Gasteiger partial charge is 0.327 e. The van der Waals surface area contributed by atoms with Crippen LogP contribution in [-0.4, -0.2) is 30.6 Å². The molecule has 0 aromatic carbocycles. The Morgan fingerprint density at radius 3 is 2.71 bits per heavy atom. The molecule has 0 aromatic heterocycles. The summed E-state index contributed by atoms with van der Waals surface area (Å²) < 4.78 is 0. The highest BCUT2D eigenvalue weighted by Gasteiger charge is 2.63. The number of nitrogens with two attached hydrogens (primary N) is 1. The Labute approximate surface area is 148 Å². The molecule has 0 radical (unpaired) electrons. The van der Waals surface area contributed by atoms with Crippen LogP contribution in [0.15, 0.2) is 11.6 Å².